The summed E-state index contributed by atoms with van der Waals surface area (Å²) in [6.45, 7) is 4.12. The Morgan fingerprint density at radius 3 is 2.33 bits per heavy atom. The molecular weight excluding hydrogens is 290 g/mol. The van der Waals surface area contributed by atoms with Crippen LogP contribution < -0.4 is 10.0 Å². The Kier molecular flexibility index (Phi) is 6.32. The third kappa shape index (κ3) is 4.80. The summed E-state index contributed by atoms with van der Waals surface area (Å²) >= 11 is 0. The second-order valence-electron chi connectivity index (χ2n) is 4.81. The molecule has 0 aliphatic rings. The molecule has 1 aromatic rings. The van der Waals surface area contributed by atoms with Gasteiger partial charge in [-0.1, -0.05) is 12.1 Å². The molecule has 1 aromatic carbocycles. The van der Waals surface area contributed by atoms with Crippen LogP contribution >= 0.6 is 0 Å². The van der Waals surface area contributed by atoms with Crippen molar-refractivity contribution in [2.45, 2.75) is 24.8 Å². The van der Waals surface area contributed by atoms with Crippen LogP contribution in [0.2, 0.25) is 0 Å². The molecule has 0 heterocycles. The van der Waals surface area contributed by atoms with Crippen molar-refractivity contribution >= 4 is 15.9 Å². The summed E-state index contributed by atoms with van der Waals surface area (Å²) in [7, 11) is -0.195. The van der Waals surface area contributed by atoms with Crippen molar-refractivity contribution in [3.05, 3.63) is 29.8 Å². The van der Waals surface area contributed by atoms with E-state index < -0.39 is 10.0 Å². The summed E-state index contributed by atoms with van der Waals surface area (Å²) in [6.07, 6.45) is 0. The molecule has 0 aliphatic heterocycles. The summed E-state index contributed by atoms with van der Waals surface area (Å²) in [4.78, 5) is 13.2. The predicted octanol–water partition coefficient (Wildman–Crippen LogP) is 0.724. The van der Waals surface area contributed by atoms with E-state index in [0.717, 1.165) is 5.56 Å². The normalized spacial score (nSPS) is 13.0. The zero-order valence-electron chi connectivity index (χ0n) is 12.9. The SMILES string of the molecule is CCN(C)C(=O)CNS(=O)(=O)c1ccc(C(C)NC)cc1. The Balaban J connectivity index is 2.77. The Bertz CT molecular complexity index is 570. The predicted molar refractivity (Wildman–Crippen MR) is 82.4 cm³/mol. The van der Waals surface area contributed by atoms with Crippen molar-refractivity contribution in [3.63, 3.8) is 0 Å². The molecule has 0 radical (unpaired) electrons. The van der Waals surface area contributed by atoms with Gasteiger partial charge >= 0.3 is 0 Å². The fourth-order valence-corrected chi connectivity index (χ4v) is 2.63. The number of likely N-dealkylation sites (N-methyl/N-ethyl adjacent to an activating group) is 1. The smallest absolute Gasteiger partial charge is 0.241 e. The third-order valence-electron chi connectivity index (χ3n) is 3.44. The van der Waals surface area contributed by atoms with Crippen LogP contribution in [-0.4, -0.2) is 46.4 Å². The highest BCUT2D eigenvalue weighted by atomic mass is 32.2. The maximum atomic E-state index is 12.1. The van der Waals surface area contributed by atoms with E-state index in [1.165, 1.54) is 4.90 Å². The highest BCUT2D eigenvalue weighted by Gasteiger charge is 2.17. The van der Waals surface area contributed by atoms with Gasteiger partial charge in [-0.15, -0.1) is 0 Å². The molecule has 1 rings (SSSR count). The van der Waals surface area contributed by atoms with E-state index in [4.69, 9.17) is 0 Å². The number of hydrogen-bond donors (Lipinski definition) is 2. The number of benzene rings is 1. The lowest BCUT2D eigenvalue weighted by atomic mass is 10.1. The molecule has 0 saturated carbocycles. The molecule has 0 fully saturated rings. The van der Waals surface area contributed by atoms with Gasteiger partial charge < -0.3 is 10.2 Å². The maximum absolute atomic E-state index is 12.1. The fourth-order valence-electron chi connectivity index (χ4n) is 1.65. The Labute approximate surface area is 126 Å². The molecule has 0 aliphatic carbocycles. The second kappa shape index (κ2) is 7.53. The van der Waals surface area contributed by atoms with E-state index in [1.54, 1.807) is 31.3 Å². The van der Waals surface area contributed by atoms with Gasteiger partial charge in [0, 0.05) is 19.6 Å². The van der Waals surface area contributed by atoms with Gasteiger partial charge in [-0.25, -0.2) is 13.1 Å². The number of hydrogen-bond acceptors (Lipinski definition) is 4. The largest absolute Gasteiger partial charge is 0.345 e. The lowest BCUT2D eigenvalue weighted by Crippen LogP contribution is -2.37. The summed E-state index contributed by atoms with van der Waals surface area (Å²) < 4.78 is 26.5. The molecule has 0 bridgehead atoms. The van der Waals surface area contributed by atoms with Crippen LogP contribution in [0.25, 0.3) is 0 Å². The molecule has 6 nitrogen and oxygen atoms in total. The van der Waals surface area contributed by atoms with E-state index in [9.17, 15) is 13.2 Å². The van der Waals surface area contributed by atoms with Crippen LogP contribution in [-0.2, 0) is 14.8 Å². The average Bonchev–Trinajstić information content (AvgIpc) is 2.51. The topological polar surface area (TPSA) is 78.5 Å². The van der Waals surface area contributed by atoms with Crippen molar-refractivity contribution in [1.82, 2.24) is 14.9 Å². The van der Waals surface area contributed by atoms with E-state index in [2.05, 4.69) is 10.0 Å². The van der Waals surface area contributed by atoms with Gasteiger partial charge in [-0.2, -0.15) is 0 Å². The highest BCUT2D eigenvalue weighted by Crippen LogP contribution is 2.15. The van der Waals surface area contributed by atoms with E-state index in [0.29, 0.717) is 6.54 Å². The third-order valence-corrected chi connectivity index (χ3v) is 4.85. The van der Waals surface area contributed by atoms with E-state index in [-0.39, 0.29) is 23.4 Å². The first kappa shape index (κ1) is 17.6. The Morgan fingerprint density at radius 1 is 1.29 bits per heavy atom. The van der Waals surface area contributed by atoms with Gasteiger partial charge in [0.2, 0.25) is 15.9 Å². The average molecular weight is 313 g/mol. The van der Waals surface area contributed by atoms with Crippen LogP contribution in [0.5, 0.6) is 0 Å². The van der Waals surface area contributed by atoms with Crippen LogP contribution in [0.4, 0.5) is 0 Å². The number of amides is 1. The summed E-state index contributed by atoms with van der Waals surface area (Å²) in [5.74, 6) is -0.262. The van der Waals surface area contributed by atoms with Crippen molar-refractivity contribution in [2.24, 2.45) is 0 Å². The molecule has 1 unspecified atom stereocenters. The minimum Gasteiger partial charge on any atom is -0.345 e. The Hall–Kier alpha value is -1.44. The van der Waals surface area contributed by atoms with Crippen molar-refractivity contribution in [2.75, 3.05) is 27.2 Å². The molecule has 0 aromatic heterocycles. The summed E-state index contributed by atoms with van der Waals surface area (Å²) in [6, 6.07) is 6.75. The van der Waals surface area contributed by atoms with E-state index >= 15 is 0 Å². The molecule has 7 heteroatoms. The molecule has 2 N–H and O–H groups in total. The minimum absolute atomic E-state index is 0.148. The Morgan fingerprint density at radius 2 is 1.86 bits per heavy atom. The number of carbonyl (C=O) groups excluding carboxylic acids is 1. The highest BCUT2D eigenvalue weighted by molar-refractivity contribution is 7.89. The molecular formula is C14H23N3O3S. The van der Waals surface area contributed by atoms with Crippen molar-refractivity contribution in [1.29, 1.82) is 0 Å². The molecule has 1 atom stereocenters. The van der Waals surface area contributed by atoms with Gasteiger partial charge in [0.15, 0.2) is 0 Å². The molecule has 0 spiro atoms. The van der Waals surface area contributed by atoms with Gasteiger partial charge in [0.1, 0.15) is 0 Å². The van der Waals surface area contributed by atoms with Crippen LogP contribution in [0.1, 0.15) is 25.5 Å². The quantitative estimate of drug-likeness (QED) is 0.777. The molecule has 0 saturated heterocycles. The van der Waals surface area contributed by atoms with Crippen LogP contribution in [0.3, 0.4) is 0 Å². The van der Waals surface area contributed by atoms with Gasteiger partial charge in [-0.3, -0.25) is 4.79 Å². The standard InChI is InChI=1S/C14H23N3O3S/c1-5-17(4)14(18)10-16-21(19,20)13-8-6-12(7-9-13)11(2)15-3/h6-9,11,15-16H,5,10H2,1-4H3. The number of nitrogens with zero attached hydrogens (tertiary/aromatic N) is 1. The number of sulfonamides is 1. The molecule has 1 amide bonds. The number of nitrogens with one attached hydrogen (secondary N) is 2. The first-order valence-electron chi connectivity index (χ1n) is 6.82. The van der Waals surface area contributed by atoms with Gasteiger partial charge in [-0.05, 0) is 38.6 Å². The summed E-state index contributed by atoms with van der Waals surface area (Å²) in [5, 5.41) is 3.08. The van der Waals surface area contributed by atoms with E-state index in [1.807, 2.05) is 20.9 Å². The fraction of sp³-hybridized carbons (Fsp3) is 0.500. The first-order valence-corrected chi connectivity index (χ1v) is 8.31. The van der Waals surface area contributed by atoms with Gasteiger partial charge in [0.25, 0.3) is 0 Å². The number of carbonyl (C=O) groups is 1. The zero-order valence-corrected chi connectivity index (χ0v) is 13.7. The maximum Gasteiger partial charge on any atom is 0.241 e. The van der Waals surface area contributed by atoms with Crippen molar-refractivity contribution in [3.8, 4) is 0 Å². The number of rotatable bonds is 7. The minimum atomic E-state index is -3.66. The van der Waals surface area contributed by atoms with Crippen LogP contribution in [0, 0.1) is 0 Å². The monoisotopic (exact) mass is 313 g/mol. The molecule has 21 heavy (non-hydrogen) atoms. The lowest BCUT2D eigenvalue weighted by molar-refractivity contribution is -0.128. The van der Waals surface area contributed by atoms with Crippen molar-refractivity contribution < 1.29 is 13.2 Å². The lowest BCUT2D eigenvalue weighted by Gasteiger charge is -2.15. The molecule has 118 valence electrons. The second-order valence-corrected chi connectivity index (χ2v) is 6.58. The van der Waals surface area contributed by atoms with Crippen LogP contribution in [0.15, 0.2) is 29.2 Å². The first-order chi connectivity index (χ1) is 9.81. The van der Waals surface area contributed by atoms with Gasteiger partial charge in [0.05, 0.1) is 11.4 Å². The summed E-state index contributed by atoms with van der Waals surface area (Å²) in [5.41, 5.74) is 0.998. The zero-order chi connectivity index (χ0) is 16.0.